The molecule has 12 rings (SSSR count). The minimum atomic E-state index is -4.91. The van der Waals surface area contributed by atoms with Crippen LogP contribution in [-0.2, 0) is 110 Å². The molecule has 0 saturated carbocycles. The summed E-state index contributed by atoms with van der Waals surface area (Å²) in [5.41, 5.74) is -9.49. The molecule has 6 N–H and O–H groups in total. The first-order valence-corrected chi connectivity index (χ1v) is 53.4. The molecule has 123 heavy (non-hydrogen) atoms. The van der Waals surface area contributed by atoms with Gasteiger partial charge in [-0.25, -0.2) is 56.2 Å². The molecule has 0 spiro atoms. The predicted molar refractivity (Wildman–Crippen MR) is 448 cm³/mol. The van der Waals surface area contributed by atoms with Crippen LogP contribution in [0.15, 0.2) is 94.7 Å². The Labute approximate surface area is 723 Å². The average Bonchev–Trinajstić information content (AvgIpc) is 1.62. The molecule has 6 fully saturated rings. The summed E-state index contributed by atoms with van der Waals surface area (Å²) in [6.07, 6.45) is -20.2. The van der Waals surface area contributed by atoms with Gasteiger partial charge >= 0.3 is 74.9 Å². The van der Waals surface area contributed by atoms with Gasteiger partial charge < -0.3 is 28.4 Å². The number of nitrogens with zero attached hydrogens (tertiary/aromatic N) is 6. The number of aryl methyl sites for hydroxylation is 6. The van der Waals surface area contributed by atoms with Gasteiger partial charge in [0.2, 0.25) is 0 Å². The Morgan fingerprint density at radius 2 is 0.480 bits per heavy atom. The first kappa shape index (κ1) is 96.9. The summed E-state index contributed by atoms with van der Waals surface area (Å²) in [5.74, 6) is 0. The van der Waals surface area contributed by atoms with Crippen LogP contribution in [0.2, 0.25) is 0 Å². The number of hydrogen-bond donors (Lipinski definition) is 12. The average molecular weight is 1970 g/mol. The smallest absolute Gasteiger partial charge is 0.352 e. The van der Waals surface area contributed by atoms with E-state index in [0.29, 0.717) is 0 Å². The molecule has 6 aliphatic rings. The third-order valence-corrected chi connectivity index (χ3v) is 29.9. The third kappa shape index (κ3) is 24.3. The zero-order valence-electron chi connectivity index (χ0n) is 66.0. The van der Waals surface area contributed by atoms with Crippen LogP contribution in [0.4, 0.5) is 0 Å². The topological polar surface area (TPSA) is 598 Å². The second kappa shape index (κ2) is 38.9. The first-order valence-electron chi connectivity index (χ1n) is 37.2. The highest BCUT2D eigenvalue weighted by Crippen LogP contribution is 2.63. The van der Waals surface area contributed by atoms with Crippen molar-refractivity contribution in [3.05, 3.63) is 196 Å². The fourth-order valence-electron chi connectivity index (χ4n) is 13.9. The maximum atomic E-state index is 14.8. The zero-order valence-corrected chi connectivity index (χ0v) is 76.7. The lowest BCUT2D eigenvalue weighted by atomic mass is 10.2. The van der Waals surface area contributed by atoms with Gasteiger partial charge in [0.25, 0.3) is 33.4 Å². The summed E-state index contributed by atoms with van der Waals surface area (Å²) in [5, 5.41) is 0. The second-order valence-corrected chi connectivity index (χ2v) is 46.7. The molecule has 6 aromatic rings. The first-order chi connectivity index (χ1) is 57.4. The van der Waals surface area contributed by atoms with Crippen molar-refractivity contribution < 1.29 is 110 Å². The van der Waals surface area contributed by atoms with E-state index in [1.54, 1.807) is 20.8 Å². The molecule has 0 aromatic carbocycles. The molecule has 24 atom stereocenters. The maximum Gasteiger partial charge on any atom is 0.386 e. The lowest BCUT2D eigenvalue weighted by Gasteiger charge is -2.27. The summed E-state index contributed by atoms with van der Waals surface area (Å²) in [7, 11) is 0. The van der Waals surface area contributed by atoms with Gasteiger partial charge in [0.1, 0.15) is 98.4 Å². The monoisotopic (exact) mass is 1960 g/mol. The van der Waals surface area contributed by atoms with E-state index in [-0.39, 0.29) is 52.6 Å². The third-order valence-electron chi connectivity index (χ3n) is 19.9. The van der Waals surface area contributed by atoms with E-state index < -0.39 is 277 Å². The summed E-state index contributed by atoms with van der Waals surface area (Å²) in [6, 6.07) is 0. The molecule has 0 radical (unpaired) electrons. The number of thiol groups is 6. The van der Waals surface area contributed by atoms with Crippen molar-refractivity contribution in [1.29, 1.82) is 0 Å². The van der Waals surface area contributed by atoms with Crippen molar-refractivity contribution in [3.8, 4) is 0 Å². The van der Waals surface area contributed by atoms with Crippen molar-refractivity contribution in [2.45, 2.75) is 218 Å². The van der Waals surface area contributed by atoms with Gasteiger partial charge in [0, 0.05) is 109 Å². The fraction of sp³-hybridized carbons (Fsp3) is 0.619. The van der Waals surface area contributed by atoms with Crippen LogP contribution in [0.3, 0.4) is 0 Å². The van der Waals surface area contributed by atoms with Crippen LogP contribution < -0.4 is 67.5 Å². The molecule has 0 aliphatic carbocycles. The van der Waals surface area contributed by atoms with E-state index in [9.17, 15) is 84.9 Å². The Morgan fingerprint density at radius 1 is 0.309 bits per heavy atom. The molecule has 12 heterocycles. The number of hydrogen-bond acceptors (Lipinski definition) is 36. The molecule has 60 heteroatoms. The van der Waals surface area contributed by atoms with Crippen molar-refractivity contribution in [2.75, 3.05) is 33.0 Å². The molecule has 6 aromatic heterocycles. The highest BCUT2D eigenvalue weighted by molar-refractivity contribution is 8.46. The van der Waals surface area contributed by atoms with Crippen LogP contribution in [-0.4, -0.2) is 170 Å². The lowest BCUT2D eigenvalue weighted by molar-refractivity contribution is -0.0538. The number of ether oxygens (including phenoxy) is 6. The van der Waals surface area contributed by atoms with E-state index in [0.717, 1.165) is 46.0 Å². The molecular weight excluding hydrogens is 1880 g/mol. The molecule has 0 amide bonds. The fourth-order valence-corrected chi connectivity index (χ4v) is 23.6. The van der Waals surface area contributed by atoms with Crippen LogP contribution in [0.1, 0.15) is 130 Å². The quantitative estimate of drug-likeness (QED) is 0.0185. The number of H-pyrrole nitrogens is 6. The molecule has 680 valence electrons. The Hall–Kier alpha value is -5.16. The molecule has 0 bridgehead atoms. The maximum absolute atomic E-state index is 14.8. The van der Waals surface area contributed by atoms with Crippen molar-refractivity contribution in [3.63, 3.8) is 0 Å². The van der Waals surface area contributed by atoms with Gasteiger partial charge in [-0.15, -0.1) is 0 Å². The van der Waals surface area contributed by atoms with Crippen LogP contribution in [0.25, 0.3) is 0 Å². The van der Waals surface area contributed by atoms with Crippen molar-refractivity contribution in [1.82, 2.24) is 57.3 Å². The SMILES string of the molecule is Cc1cn([C@H]2C[C@H](O[P@](=O)(S)OC[C@H]3O[C@@H](n4cc(C)c(=O)[nH]c4=O)C[C@@H]3O[P@](=O)(S)OC[C@H]3O[C@@H](n4cc(C)c(=O)[nH]c4=O)C[C@@H]3O[P@](=O)(S)OC[C@H]3O[C@@H](n4cc(C)c(=O)[nH]c4=O)C[C@@H]3O[P@](=O)(S)OC[C@H]3O[C@@H](n4cc(C)c(=O)[nH]c4=O)C[C@@H]3O[P@](=O)(S)OC[C@H]3O[C@@H](n4cc(C)c(=O)[nH]c4=O)C[C@@H]3O[P@](=O)(S)OC(C)C)[C@@H](C)O2)c(=O)[nH]c1=O. The zero-order chi connectivity index (χ0) is 89.8. The van der Waals surface area contributed by atoms with Crippen LogP contribution in [0, 0.1) is 41.5 Å². The van der Waals surface area contributed by atoms with Gasteiger partial charge in [0.15, 0.2) is 0 Å². The van der Waals surface area contributed by atoms with Gasteiger partial charge in [0.05, 0.1) is 51.3 Å². The van der Waals surface area contributed by atoms with E-state index in [4.69, 9.17) is 82.7 Å². The summed E-state index contributed by atoms with van der Waals surface area (Å²) in [4.78, 5) is 167. The van der Waals surface area contributed by atoms with Gasteiger partial charge in [-0.05, 0) is 62.3 Å². The van der Waals surface area contributed by atoms with Crippen molar-refractivity contribution in [2.24, 2.45) is 0 Å². The van der Waals surface area contributed by atoms with E-state index in [2.05, 4.69) is 103 Å². The van der Waals surface area contributed by atoms with Crippen LogP contribution in [0.5, 0.6) is 0 Å². The van der Waals surface area contributed by atoms with Gasteiger partial charge in [-0.1, -0.05) is 73.5 Å². The van der Waals surface area contributed by atoms with E-state index in [1.165, 1.54) is 60.1 Å². The minimum absolute atomic E-state index is 0.0130. The van der Waals surface area contributed by atoms with E-state index >= 15 is 0 Å². The van der Waals surface area contributed by atoms with Gasteiger partial charge in [-0.2, -0.15) is 0 Å². The van der Waals surface area contributed by atoms with Gasteiger partial charge in [-0.3, -0.25) is 140 Å². The Balaban J connectivity index is 0.745. The van der Waals surface area contributed by atoms with Crippen LogP contribution >= 0.6 is 114 Å². The Kier molecular flexibility index (Phi) is 30.6. The Bertz CT molecular complexity index is 6090. The summed E-state index contributed by atoms with van der Waals surface area (Å²) < 4.78 is 199. The summed E-state index contributed by atoms with van der Waals surface area (Å²) in [6.45, 7) is -19.1. The number of aromatic nitrogens is 12. The molecule has 6 saturated heterocycles. The normalized spacial score (nSPS) is 29.7. The lowest BCUT2D eigenvalue weighted by Crippen LogP contribution is -2.33. The Morgan fingerprint density at radius 3 is 0.675 bits per heavy atom. The molecular formula is C63H86N12O36P6S6. The second-order valence-electron chi connectivity index (χ2n) is 29.5. The minimum Gasteiger partial charge on any atom is -0.352 e. The number of nitrogens with one attached hydrogen (secondary N) is 6. The largest absolute Gasteiger partial charge is 0.386 e. The highest BCUT2D eigenvalue weighted by atomic mass is 32.7. The molecule has 0 unspecified atom stereocenters. The molecule has 6 aliphatic heterocycles. The highest BCUT2D eigenvalue weighted by Gasteiger charge is 2.51. The molecule has 48 nitrogen and oxygen atoms in total. The number of aromatic amines is 6. The van der Waals surface area contributed by atoms with E-state index in [1.807, 2.05) is 0 Å². The standard InChI is InChI=1S/C63H86N12O36P6S6/c1-27(2)105-117(93,123)111-40-15-51(75-21-33(8)57(81)69-63(75)87)104-45(40)26-98-116(92,122)110-39-14-50(74-20-32(7)56(80)68-62(74)86)103-44(39)25-97-115(91,121)109-38-13-49(73-19-31(6)55(79)67-61(73)85)102-43(38)24-96-114(90,120)108-37-12-48(72-18-30(5)54(78)66-60(72)84)101-42(37)23-95-113(89,119)107-36-11-47(71-17-29(4)53(77)65-59(71)83)100-41(36)22-94-112(88,118)106-35-10-46(99-34(35)9)70-16-28(3)52(76)64-58(70)82/h16-21,27,34-51H,10-15,22-26H2,1-9H3,(H,88,118)(H,89,119)(H,90,120)(H,91,121)(H,92,122)(H,93,123)(H,64,76,82)(H,65,77,83)(H,66,78,84)(H,67,79,85)(H,68,80,86)(H,69,81,87)/t34-,35+,36+,37+,38+,39+,40+,41-,42-,43-,44-,45-,46-,47-,48-,49-,50-,51-,112-,113-,114-,115-,116-,117-/m1/s1. The van der Waals surface area contributed by atoms with Crippen molar-refractivity contribution >= 4 is 114 Å². The summed E-state index contributed by atoms with van der Waals surface area (Å²) >= 11 is 25.3. The predicted octanol–water partition coefficient (Wildman–Crippen LogP) is 4.93. The number of rotatable bonds is 35.